The van der Waals surface area contributed by atoms with Crippen LogP contribution in [0.2, 0.25) is 0 Å². The number of likely N-dealkylation sites (tertiary alicyclic amines) is 1. The van der Waals surface area contributed by atoms with E-state index < -0.39 is 0 Å². The summed E-state index contributed by atoms with van der Waals surface area (Å²) in [5.74, 6) is 1.16. The highest BCUT2D eigenvalue weighted by Gasteiger charge is 2.37. The predicted octanol–water partition coefficient (Wildman–Crippen LogP) is 2.97. The smallest absolute Gasteiger partial charge is 0.252 e. The molecule has 2 unspecified atom stereocenters. The van der Waals surface area contributed by atoms with Gasteiger partial charge in [0.2, 0.25) is 11.7 Å². The fourth-order valence-corrected chi connectivity index (χ4v) is 3.48. The minimum Gasteiger partial charge on any atom is -0.368 e. The molecule has 24 heavy (non-hydrogen) atoms. The summed E-state index contributed by atoms with van der Waals surface area (Å²) in [7, 11) is 0. The summed E-state index contributed by atoms with van der Waals surface area (Å²) in [4.78, 5) is 19.2. The first-order chi connectivity index (χ1) is 11.8. The molecule has 2 fully saturated rings. The Bertz CT molecular complexity index is 695. The molecule has 2 aromatic rings. The average Bonchev–Trinajstić information content (AvgIpc) is 3.34. The number of nitrogens with zero attached hydrogens (tertiary/aromatic N) is 3. The van der Waals surface area contributed by atoms with Crippen LogP contribution in [0.3, 0.4) is 0 Å². The number of carbonyl (C=O) groups excluding carboxylic acids is 1. The lowest BCUT2D eigenvalue weighted by Crippen LogP contribution is -2.44. The highest BCUT2D eigenvalue weighted by Crippen LogP contribution is 2.32. The molecule has 0 saturated carbocycles. The highest BCUT2D eigenvalue weighted by atomic mass is 16.5. The maximum atomic E-state index is 12.8. The minimum atomic E-state index is -0.304. The van der Waals surface area contributed by atoms with E-state index >= 15 is 0 Å². The van der Waals surface area contributed by atoms with Gasteiger partial charge in [-0.25, -0.2) is 0 Å². The Hall–Kier alpha value is -2.21. The lowest BCUT2D eigenvalue weighted by atomic mass is 10.0. The standard InChI is InChI=1S/C18H21N3O3/c22-18(15-10-6-12-23-15)21-11-5-4-9-14(21)17-19-16(20-24-17)13-7-2-1-3-8-13/h1-3,7-8,14-15H,4-6,9-12H2. The van der Waals surface area contributed by atoms with E-state index in [-0.39, 0.29) is 18.1 Å². The van der Waals surface area contributed by atoms with Crippen molar-refractivity contribution in [3.05, 3.63) is 36.2 Å². The SMILES string of the molecule is O=C(C1CCCO1)N1CCCCC1c1nc(-c2ccccc2)no1. The van der Waals surface area contributed by atoms with Crippen molar-refractivity contribution in [1.29, 1.82) is 0 Å². The topological polar surface area (TPSA) is 68.5 Å². The van der Waals surface area contributed by atoms with Gasteiger partial charge in [-0.1, -0.05) is 35.5 Å². The molecule has 2 aliphatic heterocycles. The van der Waals surface area contributed by atoms with Crippen molar-refractivity contribution in [2.75, 3.05) is 13.2 Å². The zero-order valence-electron chi connectivity index (χ0n) is 13.6. The van der Waals surface area contributed by atoms with Crippen molar-refractivity contribution >= 4 is 5.91 Å². The highest BCUT2D eigenvalue weighted by molar-refractivity contribution is 5.81. The van der Waals surface area contributed by atoms with Crippen molar-refractivity contribution in [2.45, 2.75) is 44.2 Å². The third kappa shape index (κ3) is 2.94. The first kappa shape index (κ1) is 15.3. The number of ether oxygens (including phenoxy) is 1. The van der Waals surface area contributed by atoms with Gasteiger partial charge in [-0.3, -0.25) is 4.79 Å². The van der Waals surface area contributed by atoms with Gasteiger partial charge in [0.15, 0.2) is 0 Å². The van der Waals surface area contributed by atoms with Crippen LogP contribution in [0, 0.1) is 0 Å². The normalized spacial score (nSPS) is 24.2. The molecule has 126 valence electrons. The Morgan fingerprint density at radius 3 is 2.79 bits per heavy atom. The van der Waals surface area contributed by atoms with Gasteiger partial charge in [0.1, 0.15) is 12.1 Å². The van der Waals surface area contributed by atoms with Gasteiger partial charge < -0.3 is 14.2 Å². The molecule has 2 saturated heterocycles. The molecule has 0 bridgehead atoms. The summed E-state index contributed by atoms with van der Waals surface area (Å²) in [5, 5.41) is 4.10. The molecule has 0 N–H and O–H groups in total. The van der Waals surface area contributed by atoms with Crippen molar-refractivity contribution in [2.24, 2.45) is 0 Å². The first-order valence-electron chi connectivity index (χ1n) is 8.64. The van der Waals surface area contributed by atoms with Crippen LogP contribution in [-0.4, -0.2) is 40.2 Å². The van der Waals surface area contributed by atoms with Crippen molar-refractivity contribution in [3.63, 3.8) is 0 Å². The molecule has 0 aliphatic carbocycles. The Kier molecular flexibility index (Phi) is 4.30. The van der Waals surface area contributed by atoms with Crippen molar-refractivity contribution in [1.82, 2.24) is 15.0 Å². The van der Waals surface area contributed by atoms with E-state index in [2.05, 4.69) is 10.1 Å². The lowest BCUT2D eigenvalue weighted by molar-refractivity contribution is -0.145. The number of hydrogen-bond donors (Lipinski definition) is 0. The molecule has 1 aromatic carbocycles. The molecular formula is C18H21N3O3. The Morgan fingerprint density at radius 2 is 2.00 bits per heavy atom. The molecule has 3 heterocycles. The fourth-order valence-electron chi connectivity index (χ4n) is 3.48. The molecule has 1 aromatic heterocycles. The van der Waals surface area contributed by atoms with Crippen LogP contribution >= 0.6 is 0 Å². The van der Waals surface area contributed by atoms with E-state index in [1.807, 2.05) is 35.2 Å². The zero-order valence-corrected chi connectivity index (χ0v) is 13.6. The zero-order chi connectivity index (χ0) is 16.4. The van der Waals surface area contributed by atoms with E-state index in [9.17, 15) is 4.79 Å². The van der Waals surface area contributed by atoms with E-state index in [4.69, 9.17) is 9.26 Å². The number of rotatable bonds is 3. The molecule has 2 aliphatic rings. The lowest BCUT2D eigenvalue weighted by Gasteiger charge is -2.34. The van der Waals surface area contributed by atoms with Crippen LogP contribution in [-0.2, 0) is 9.53 Å². The first-order valence-corrected chi connectivity index (χ1v) is 8.64. The minimum absolute atomic E-state index is 0.0664. The van der Waals surface area contributed by atoms with Gasteiger partial charge in [0, 0.05) is 18.7 Å². The van der Waals surface area contributed by atoms with Crippen molar-refractivity contribution < 1.29 is 14.1 Å². The largest absolute Gasteiger partial charge is 0.368 e. The third-order valence-electron chi connectivity index (χ3n) is 4.75. The second-order valence-electron chi connectivity index (χ2n) is 6.37. The number of piperidine rings is 1. The summed E-state index contributed by atoms with van der Waals surface area (Å²) in [6.45, 7) is 1.40. The maximum Gasteiger partial charge on any atom is 0.252 e. The Labute approximate surface area is 140 Å². The molecule has 0 spiro atoms. The maximum absolute atomic E-state index is 12.8. The molecule has 1 amide bonds. The Morgan fingerprint density at radius 1 is 1.12 bits per heavy atom. The number of amides is 1. The van der Waals surface area contributed by atoms with E-state index in [1.54, 1.807) is 0 Å². The molecular weight excluding hydrogens is 306 g/mol. The van der Waals surface area contributed by atoms with Gasteiger partial charge in [-0.05, 0) is 32.1 Å². The van der Waals surface area contributed by atoms with E-state index in [0.29, 0.717) is 18.3 Å². The monoisotopic (exact) mass is 327 g/mol. The predicted molar refractivity (Wildman–Crippen MR) is 87.0 cm³/mol. The summed E-state index contributed by atoms with van der Waals surface area (Å²) >= 11 is 0. The van der Waals surface area contributed by atoms with E-state index in [0.717, 1.165) is 44.2 Å². The second-order valence-corrected chi connectivity index (χ2v) is 6.37. The van der Waals surface area contributed by atoms with Gasteiger partial charge in [-0.2, -0.15) is 4.98 Å². The van der Waals surface area contributed by atoms with Gasteiger partial charge in [-0.15, -0.1) is 0 Å². The molecule has 6 heteroatoms. The van der Waals surface area contributed by atoms with Gasteiger partial charge >= 0.3 is 0 Å². The Balaban J connectivity index is 1.57. The van der Waals surface area contributed by atoms with Crippen LogP contribution in [0.15, 0.2) is 34.9 Å². The van der Waals surface area contributed by atoms with Crippen molar-refractivity contribution in [3.8, 4) is 11.4 Å². The summed E-state index contributed by atoms with van der Waals surface area (Å²) in [6.07, 6.45) is 4.38. The molecule has 2 atom stereocenters. The summed E-state index contributed by atoms with van der Waals surface area (Å²) < 4.78 is 11.1. The van der Waals surface area contributed by atoms with E-state index in [1.165, 1.54) is 0 Å². The average molecular weight is 327 g/mol. The summed E-state index contributed by atoms with van der Waals surface area (Å²) in [6, 6.07) is 9.60. The summed E-state index contributed by atoms with van der Waals surface area (Å²) in [5.41, 5.74) is 0.917. The van der Waals surface area contributed by atoms with Crippen LogP contribution in [0.5, 0.6) is 0 Å². The number of hydrogen-bond acceptors (Lipinski definition) is 5. The molecule has 0 radical (unpaired) electrons. The third-order valence-corrected chi connectivity index (χ3v) is 4.75. The fraction of sp³-hybridized carbons (Fsp3) is 0.500. The number of benzene rings is 1. The molecule has 4 rings (SSSR count). The second kappa shape index (κ2) is 6.73. The van der Waals surface area contributed by atoms with Gasteiger partial charge in [0.05, 0.1) is 0 Å². The van der Waals surface area contributed by atoms with Gasteiger partial charge in [0.25, 0.3) is 5.91 Å². The van der Waals surface area contributed by atoms with Crippen LogP contribution < -0.4 is 0 Å². The van der Waals surface area contributed by atoms with Crippen LogP contribution in [0.25, 0.3) is 11.4 Å². The molecule has 6 nitrogen and oxygen atoms in total. The quantitative estimate of drug-likeness (QED) is 0.867. The van der Waals surface area contributed by atoms with Crippen LogP contribution in [0.4, 0.5) is 0 Å². The number of aromatic nitrogens is 2. The van der Waals surface area contributed by atoms with Crippen LogP contribution in [0.1, 0.15) is 44.0 Å². The number of carbonyl (C=O) groups is 1.